The van der Waals surface area contributed by atoms with E-state index in [1.54, 1.807) is 38.6 Å². The maximum atomic E-state index is 17.5. The summed E-state index contributed by atoms with van der Waals surface area (Å²) in [5, 5.41) is 22.0. The van der Waals surface area contributed by atoms with Gasteiger partial charge in [0.2, 0.25) is 0 Å². The van der Waals surface area contributed by atoms with Crippen molar-refractivity contribution in [3.05, 3.63) is 77.9 Å². The van der Waals surface area contributed by atoms with Gasteiger partial charge in [-0.05, 0) is 86.2 Å². The van der Waals surface area contributed by atoms with Crippen molar-refractivity contribution < 1.29 is 38.1 Å². The second-order valence-corrected chi connectivity index (χ2v) is 15.2. The van der Waals surface area contributed by atoms with Crippen molar-refractivity contribution in [1.29, 1.82) is 0 Å². The number of hydrogen-bond acceptors (Lipinski definition) is 8. The van der Waals surface area contributed by atoms with Gasteiger partial charge < -0.3 is 25.4 Å². The first-order chi connectivity index (χ1) is 21.8. The highest BCUT2D eigenvalue weighted by molar-refractivity contribution is 7.99. The Kier molecular flexibility index (Phi) is 7.45. The van der Waals surface area contributed by atoms with Crippen molar-refractivity contribution in [2.24, 2.45) is 29.1 Å². The lowest BCUT2D eigenvalue weighted by atomic mass is 9.51. The van der Waals surface area contributed by atoms with E-state index < -0.39 is 76.9 Å². The minimum absolute atomic E-state index is 0.140. The molecule has 2 aromatic carbocycles. The number of ether oxygens (including phenoxy) is 2. The molecule has 7 rings (SSSR count). The molecule has 5 aliphatic rings. The highest BCUT2D eigenvalue weighted by Crippen LogP contribution is 2.71. The van der Waals surface area contributed by atoms with Gasteiger partial charge in [-0.1, -0.05) is 43.8 Å². The highest BCUT2D eigenvalue weighted by Gasteiger charge is 2.79. The number of nitrogen functional groups attached to an aromatic ring is 1. The number of carbonyl (C=O) groups excluding carboxylic acids is 2. The molecule has 2 aromatic rings. The third kappa shape index (κ3) is 4.36. The minimum Gasteiger partial charge on any atom is -0.399 e. The Labute approximate surface area is 271 Å². The number of fused-ring (bicyclic) bond motifs is 6. The van der Waals surface area contributed by atoms with Crippen LogP contribution in [0.3, 0.4) is 0 Å². The molecule has 1 unspecified atom stereocenters. The van der Waals surface area contributed by atoms with Crippen LogP contribution in [0.25, 0.3) is 0 Å². The van der Waals surface area contributed by atoms with Crippen LogP contribution in [0.1, 0.15) is 45.6 Å². The Morgan fingerprint density at radius 2 is 1.72 bits per heavy atom. The van der Waals surface area contributed by atoms with E-state index in [9.17, 15) is 19.8 Å². The van der Waals surface area contributed by atoms with Crippen molar-refractivity contribution in [3.63, 3.8) is 0 Å². The van der Waals surface area contributed by atoms with Crippen LogP contribution in [0.5, 0.6) is 0 Å². The van der Waals surface area contributed by atoms with Gasteiger partial charge in [0, 0.05) is 44.2 Å². The highest BCUT2D eigenvalue weighted by atomic mass is 32.2. The van der Waals surface area contributed by atoms with Crippen molar-refractivity contribution in [2.45, 2.75) is 85.3 Å². The average Bonchev–Trinajstić information content (AvgIpc) is 3.44. The number of hydrogen-bond donors (Lipinski definition) is 3. The smallest absolute Gasteiger partial charge is 0.193 e. The summed E-state index contributed by atoms with van der Waals surface area (Å²) in [5.41, 5.74) is 2.30. The van der Waals surface area contributed by atoms with Gasteiger partial charge in [-0.3, -0.25) is 9.59 Å². The normalized spacial score (nSPS) is 42.8. The molecule has 0 radical (unpaired) electrons. The average molecular weight is 652 g/mol. The monoisotopic (exact) mass is 651 g/mol. The Bertz CT molecular complexity index is 1630. The molecule has 4 N–H and O–H groups in total. The minimum atomic E-state index is -2.19. The molecule has 0 spiro atoms. The topological polar surface area (TPSA) is 119 Å². The number of Topliss-reactive ketones (excluding diaryl/α,β-unsaturated/α-hetero) is 1. The Hall–Kier alpha value is -2.89. The largest absolute Gasteiger partial charge is 0.399 e. The second-order valence-electron chi connectivity index (χ2n) is 14.0. The first kappa shape index (κ1) is 31.7. The molecular formula is C36H39F2NO6S. The number of ketones is 2. The van der Waals surface area contributed by atoms with E-state index in [2.05, 4.69) is 0 Å². The van der Waals surface area contributed by atoms with Crippen molar-refractivity contribution in [2.75, 3.05) is 12.3 Å². The molecule has 46 heavy (non-hydrogen) atoms. The van der Waals surface area contributed by atoms with Crippen LogP contribution < -0.4 is 5.73 Å². The maximum absolute atomic E-state index is 17.5. The van der Waals surface area contributed by atoms with Crippen LogP contribution >= 0.6 is 11.8 Å². The predicted octanol–water partition coefficient (Wildman–Crippen LogP) is 5.48. The molecule has 1 aliphatic heterocycles. The Morgan fingerprint density at radius 1 is 1.07 bits per heavy atom. The van der Waals surface area contributed by atoms with E-state index in [-0.39, 0.29) is 30.6 Å². The van der Waals surface area contributed by atoms with Gasteiger partial charge in [-0.2, -0.15) is 0 Å². The van der Waals surface area contributed by atoms with Gasteiger partial charge in [-0.15, -0.1) is 0 Å². The lowest BCUT2D eigenvalue weighted by molar-refractivity contribution is -0.248. The molecule has 4 aliphatic carbocycles. The number of nitrogens with two attached hydrogens (primary N) is 1. The predicted molar refractivity (Wildman–Crippen MR) is 168 cm³/mol. The summed E-state index contributed by atoms with van der Waals surface area (Å²) in [6.45, 7) is 4.34. The fraction of sp³-hybridized carbons (Fsp3) is 0.500. The van der Waals surface area contributed by atoms with Crippen LogP contribution in [-0.4, -0.2) is 58.0 Å². The zero-order valence-electron chi connectivity index (χ0n) is 26.0. The molecule has 4 fully saturated rings. The molecule has 3 saturated carbocycles. The van der Waals surface area contributed by atoms with Gasteiger partial charge in [0.1, 0.15) is 18.4 Å². The lowest BCUT2D eigenvalue weighted by Gasteiger charge is -2.57. The van der Waals surface area contributed by atoms with Gasteiger partial charge in [0.15, 0.2) is 23.0 Å². The van der Waals surface area contributed by atoms with Gasteiger partial charge in [-0.25, -0.2) is 8.78 Å². The second kappa shape index (κ2) is 10.8. The van der Waals surface area contributed by atoms with Crippen LogP contribution in [0.4, 0.5) is 14.5 Å². The molecule has 244 valence electrons. The fourth-order valence-corrected chi connectivity index (χ4v) is 10.3. The summed E-state index contributed by atoms with van der Waals surface area (Å²) in [7, 11) is 0. The van der Waals surface area contributed by atoms with Crippen molar-refractivity contribution in [3.8, 4) is 0 Å². The van der Waals surface area contributed by atoms with Crippen LogP contribution in [-0.2, 0) is 24.8 Å². The van der Waals surface area contributed by atoms with Crippen molar-refractivity contribution >= 4 is 29.0 Å². The molecule has 0 bridgehead atoms. The molecule has 0 amide bonds. The summed E-state index contributed by atoms with van der Waals surface area (Å²) in [6.07, 6.45) is -0.0724. The lowest BCUT2D eigenvalue weighted by Crippen LogP contribution is -2.66. The fourth-order valence-electron chi connectivity index (χ4n) is 9.53. The number of carbonyl (C=O) groups is 2. The summed E-state index contributed by atoms with van der Waals surface area (Å²) in [5.74, 6) is -5.42. The Balaban J connectivity index is 1.23. The first-order valence-electron chi connectivity index (χ1n) is 15.9. The number of aliphatic hydroxyl groups excluding tert-OH is 2. The summed E-state index contributed by atoms with van der Waals surface area (Å²) >= 11 is 1.56. The zero-order valence-corrected chi connectivity index (χ0v) is 26.8. The zero-order chi connectivity index (χ0) is 32.8. The summed E-state index contributed by atoms with van der Waals surface area (Å²) in [4.78, 5) is 28.0. The van der Waals surface area contributed by atoms with E-state index in [1.807, 2.05) is 48.5 Å². The third-order valence-electron chi connectivity index (χ3n) is 11.8. The van der Waals surface area contributed by atoms with E-state index in [1.165, 1.54) is 12.2 Å². The van der Waals surface area contributed by atoms with E-state index >= 15 is 8.78 Å². The van der Waals surface area contributed by atoms with E-state index in [4.69, 9.17) is 15.2 Å². The van der Waals surface area contributed by atoms with Crippen LogP contribution in [0.2, 0.25) is 0 Å². The Morgan fingerprint density at radius 3 is 2.37 bits per heavy atom. The number of alkyl halides is 2. The van der Waals surface area contributed by atoms with Crippen LogP contribution in [0.15, 0.2) is 82.1 Å². The van der Waals surface area contributed by atoms with E-state index in [0.717, 1.165) is 9.79 Å². The molecule has 11 atom stereocenters. The molecule has 0 aromatic heterocycles. The number of anilines is 1. The summed E-state index contributed by atoms with van der Waals surface area (Å²) < 4.78 is 46.9. The van der Waals surface area contributed by atoms with Gasteiger partial charge in [0.25, 0.3) is 0 Å². The summed E-state index contributed by atoms with van der Waals surface area (Å²) in [6, 6.07) is 15.1. The first-order valence-corrected chi connectivity index (χ1v) is 16.7. The molecular weight excluding hydrogens is 612 g/mol. The van der Waals surface area contributed by atoms with E-state index in [0.29, 0.717) is 11.3 Å². The number of halogens is 2. The quantitative estimate of drug-likeness (QED) is 0.364. The number of rotatable bonds is 5. The van der Waals surface area contributed by atoms with Crippen molar-refractivity contribution in [1.82, 2.24) is 0 Å². The molecule has 7 nitrogen and oxygen atoms in total. The molecule has 1 saturated heterocycles. The SMILES string of the molecule is C[C@@H]1C2C=CC(=O)C=C2[C@@H](F)C[C@H]2[C@@H]3C[C@H]4O[C@](C)(c5ccc(Sc6ccc(N)cc6)cc5)O[C@@]4(C(=O)CO)[C@@]3(C)C[C@H](O)[C@]12F. The standard InChI is InChI=1S/C36H39F2NO6S/c1-19-25-13-8-22(41)14-26(25)29(37)15-28-27-16-32-36(31(43)18-40,33(27,2)17-30(42)35(19,28)38)45-34(3,44-32)20-4-9-23(10-5-20)46-24-11-6-21(39)7-12-24/h4-14,19,25,27-30,32,40,42H,15-18,39H2,1-3H3/t19-,25?,27+,28+,29+,30+,32-,33+,34+,35+,36-/m1/s1. The number of benzene rings is 2. The third-order valence-corrected chi connectivity index (χ3v) is 12.8. The maximum Gasteiger partial charge on any atom is 0.193 e. The molecule has 10 heteroatoms. The van der Waals surface area contributed by atoms with Crippen LogP contribution in [0, 0.1) is 29.1 Å². The number of aliphatic hydroxyl groups is 2. The van der Waals surface area contributed by atoms with Gasteiger partial charge >= 0.3 is 0 Å². The number of allylic oxidation sites excluding steroid dienone is 4. The molecule has 1 heterocycles. The van der Waals surface area contributed by atoms with Gasteiger partial charge in [0.05, 0.1) is 12.2 Å².